The van der Waals surface area contributed by atoms with Gasteiger partial charge in [-0.3, -0.25) is 9.59 Å². The standard InChI is InChI=1S/C12H14N4O2/c1-16(2)9-5-3-4-8(6-9)13-12(18)10-7-11(17)15-14-10/h3-6H,7H2,1-2H3,(H,13,18)(H,15,17). The van der Waals surface area contributed by atoms with E-state index in [1.54, 1.807) is 6.07 Å². The average molecular weight is 246 g/mol. The molecule has 0 fully saturated rings. The molecule has 1 aliphatic heterocycles. The Kier molecular flexibility index (Phi) is 3.27. The van der Waals surface area contributed by atoms with Crippen LogP contribution in [0.2, 0.25) is 0 Å². The summed E-state index contributed by atoms with van der Waals surface area (Å²) in [6, 6.07) is 7.43. The molecule has 1 heterocycles. The summed E-state index contributed by atoms with van der Waals surface area (Å²) < 4.78 is 0. The largest absolute Gasteiger partial charge is 0.378 e. The summed E-state index contributed by atoms with van der Waals surface area (Å²) >= 11 is 0. The first-order valence-electron chi connectivity index (χ1n) is 5.50. The van der Waals surface area contributed by atoms with Crippen LogP contribution >= 0.6 is 0 Å². The zero-order valence-corrected chi connectivity index (χ0v) is 10.2. The van der Waals surface area contributed by atoms with Gasteiger partial charge in [-0.2, -0.15) is 5.10 Å². The highest BCUT2D eigenvalue weighted by atomic mass is 16.2. The predicted octanol–water partition coefficient (Wildman–Crippen LogP) is 0.567. The van der Waals surface area contributed by atoms with Gasteiger partial charge in [0.25, 0.3) is 5.91 Å². The van der Waals surface area contributed by atoms with Crippen molar-refractivity contribution in [3.05, 3.63) is 24.3 Å². The van der Waals surface area contributed by atoms with Crippen molar-refractivity contribution in [2.24, 2.45) is 5.10 Å². The third-order valence-corrected chi connectivity index (χ3v) is 2.53. The molecule has 0 saturated carbocycles. The van der Waals surface area contributed by atoms with E-state index in [0.717, 1.165) is 5.69 Å². The van der Waals surface area contributed by atoms with Gasteiger partial charge >= 0.3 is 0 Å². The Bertz CT molecular complexity index is 523. The van der Waals surface area contributed by atoms with Crippen molar-refractivity contribution in [2.45, 2.75) is 6.42 Å². The monoisotopic (exact) mass is 246 g/mol. The number of amides is 2. The summed E-state index contributed by atoms with van der Waals surface area (Å²) in [5.74, 6) is -0.619. The molecule has 0 saturated heterocycles. The molecule has 18 heavy (non-hydrogen) atoms. The molecule has 0 atom stereocenters. The van der Waals surface area contributed by atoms with Gasteiger partial charge in [0.1, 0.15) is 5.71 Å². The lowest BCUT2D eigenvalue weighted by Gasteiger charge is -2.13. The van der Waals surface area contributed by atoms with Gasteiger partial charge in [-0.15, -0.1) is 0 Å². The normalized spacial score (nSPS) is 13.9. The molecule has 2 rings (SSSR count). The van der Waals surface area contributed by atoms with E-state index >= 15 is 0 Å². The Morgan fingerprint density at radius 3 is 2.83 bits per heavy atom. The van der Waals surface area contributed by atoms with Gasteiger partial charge in [0.05, 0.1) is 6.42 Å². The molecule has 6 nitrogen and oxygen atoms in total. The zero-order valence-electron chi connectivity index (χ0n) is 10.2. The number of carbonyl (C=O) groups excluding carboxylic acids is 2. The van der Waals surface area contributed by atoms with Gasteiger partial charge in [0.15, 0.2) is 0 Å². The maximum atomic E-state index is 11.8. The Morgan fingerprint density at radius 2 is 2.22 bits per heavy atom. The maximum absolute atomic E-state index is 11.8. The van der Waals surface area contributed by atoms with Gasteiger partial charge in [-0.25, -0.2) is 5.43 Å². The fourth-order valence-corrected chi connectivity index (χ4v) is 1.56. The smallest absolute Gasteiger partial charge is 0.272 e. The first kappa shape index (κ1) is 12.1. The van der Waals surface area contributed by atoms with Crippen molar-refractivity contribution in [1.29, 1.82) is 0 Å². The number of carbonyl (C=O) groups is 2. The molecule has 0 radical (unpaired) electrons. The lowest BCUT2D eigenvalue weighted by Crippen LogP contribution is -2.22. The average Bonchev–Trinajstić information content (AvgIpc) is 2.76. The summed E-state index contributed by atoms with van der Waals surface area (Å²) in [6.07, 6.45) is 0.0270. The molecular formula is C12H14N4O2. The molecule has 0 unspecified atom stereocenters. The van der Waals surface area contributed by atoms with Gasteiger partial charge in [-0.05, 0) is 18.2 Å². The van der Waals surface area contributed by atoms with E-state index in [4.69, 9.17) is 0 Å². The van der Waals surface area contributed by atoms with Crippen molar-refractivity contribution >= 4 is 28.9 Å². The molecule has 0 spiro atoms. The van der Waals surface area contributed by atoms with Crippen molar-refractivity contribution in [3.63, 3.8) is 0 Å². The van der Waals surface area contributed by atoms with Crippen molar-refractivity contribution in [3.8, 4) is 0 Å². The van der Waals surface area contributed by atoms with Crippen LogP contribution in [-0.4, -0.2) is 31.6 Å². The number of hydrogen-bond donors (Lipinski definition) is 2. The molecule has 1 aliphatic rings. The predicted molar refractivity (Wildman–Crippen MR) is 69.6 cm³/mol. The molecule has 2 N–H and O–H groups in total. The van der Waals surface area contributed by atoms with Crippen LogP contribution in [0.1, 0.15) is 6.42 Å². The van der Waals surface area contributed by atoms with Gasteiger partial charge in [0.2, 0.25) is 5.91 Å². The van der Waals surface area contributed by atoms with Gasteiger partial charge in [0, 0.05) is 25.5 Å². The Labute approximate surface area is 105 Å². The number of nitrogens with one attached hydrogen (secondary N) is 2. The van der Waals surface area contributed by atoms with E-state index in [9.17, 15) is 9.59 Å². The first-order chi connectivity index (χ1) is 8.56. The summed E-state index contributed by atoms with van der Waals surface area (Å²) in [7, 11) is 3.84. The van der Waals surface area contributed by atoms with E-state index in [1.807, 2.05) is 37.2 Å². The highest BCUT2D eigenvalue weighted by molar-refractivity contribution is 6.46. The molecule has 1 aromatic carbocycles. The highest BCUT2D eigenvalue weighted by Gasteiger charge is 2.21. The van der Waals surface area contributed by atoms with Crippen LogP contribution in [0.4, 0.5) is 11.4 Å². The van der Waals surface area contributed by atoms with E-state index < -0.39 is 0 Å². The maximum Gasteiger partial charge on any atom is 0.272 e. The lowest BCUT2D eigenvalue weighted by atomic mass is 10.2. The third kappa shape index (κ3) is 2.65. The number of hydrogen-bond acceptors (Lipinski definition) is 4. The number of nitrogens with zero attached hydrogens (tertiary/aromatic N) is 2. The van der Waals surface area contributed by atoms with E-state index in [-0.39, 0.29) is 23.9 Å². The second-order valence-corrected chi connectivity index (χ2v) is 4.17. The Balaban J connectivity index is 2.07. The van der Waals surface area contributed by atoms with Crippen LogP contribution in [0.25, 0.3) is 0 Å². The molecule has 94 valence electrons. The van der Waals surface area contributed by atoms with Crippen LogP contribution in [0.3, 0.4) is 0 Å². The van der Waals surface area contributed by atoms with Crippen molar-refractivity contribution in [2.75, 3.05) is 24.3 Å². The van der Waals surface area contributed by atoms with E-state index in [1.165, 1.54) is 0 Å². The summed E-state index contributed by atoms with van der Waals surface area (Å²) in [5, 5.41) is 6.38. The minimum atomic E-state index is -0.357. The molecule has 0 aromatic heterocycles. The lowest BCUT2D eigenvalue weighted by molar-refractivity contribution is -0.119. The van der Waals surface area contributed by atoms with Crippen molar-refractivity contribution in [1.82, 2.24) is 5.43 Å². The molecule has 2 amide bonds. The number of hydrazone groups is 1. The minimum Gasteiger partial charge on any atom is -0.378 e. The summed E-state index contributed by atoms with van der Waals surface area (Å²) in [4.78, 5) is 24.7. The molecule has 0 bridgehead atoms. The molecular weight excluding hydrogens is 232 g/mol. The van der Waals surface area contributed by atoms with Crippen LogP contribution in [0, 0.1) is 0 Å². The van der Waals surface area contributed by atoms with Crippen molar-refractivity contribution < 1.29 is 9.59 Å². The highest BCUT2D eigenvalue weighted by Crippen LogP contribution is 2.17. The fraction of sp³-hybridized carbons (Fsp3) is 0.250. The topological polar surface area (TPSA) is 73.8 Å². The molecule has 6 heteroatoms. The molecule has 0 aliphatic carbocycles. The number of anilines is 2. The second-order valence-electron chi connectivity index (χ2n) is 4.17. The summed E-state index contributed by atoms with van der Waals surface area (Å²) in [5.41, 5.74) is 4.11. The first-order valence-corrected chi connectivity index (χ1v) is 5.50. The SMILES string of the molecule is CN(C)c1cccc(NC(=O)C2=NNC(=O)C2)c1. The molecule has 1 aromatic rings. The fourth-order valence-electron chi connectivity index (χ4n) is 1.56. The van der Waals surface area contributed by atoms with E-state index in [2.05, 4.69) is 15.8 Å². The van der Waals surface area contributed by atoms with Crippen LogP contribution in [0.15, 0.2) is 29.4 Å². The zero-order chi connectivity index (χ0) is 13.1. The third-order valence-electron chi connectivity index (χ3n) is 2.53. The summed E-state index contributed by atoms with van der Waals surface area (Å²) in [6.45, 7) is 0. The number of rotatable bonds is 3. The van der Waals surface area contributed by atoms with Crippen LogP contribution in [-0.2, 0) is 9.59 Å². The Hall–Kier alpha value is -2.37. The number of benzene rings is 1. The van der Waals surface area contributed by atoms with E-state index in [0.29, 0.717) is 5.69 Å². The Morgan fingerprint density at radius 1 is 1.44 bits per heavy atom. The van der Waals surface area contributed by atoms with Crippen LogP contribution < -0.4 is 15.6 Å². The minimum absolute atomic E-state index is 0.0270. The van der Waals surface area contributed by atoms with Crippen LogP contribution in [0.5, 0.6) is 0 Å². The van der Waals surface area contributed by atoms with Gasteiger partial charge < -0.3 is 10.2 Å². The quantitative estimate of drug-likeness (QED) is 0.818. The van der Waals surface area contributed by atoms with Gasteiger partial charge in [-0.1, -0.05) is 6.07 Å². The second kappa shape index (κ2) is 4.87.